The van der Waals surface area contributed by atoms with E-state index >= 15 is 0 Å². The summed E-state index contributed by atoms with van der Waals surface area (Å²) in [5.41, 5.74) is 1.34. The first kappa shape index (κ1) is 12.2. The Bertz CT molecular complexity index is 389. The number of ether oxygens (including phenoxy) is 1. The second-order valence-electron chi connectivity index (χ2n) is 5.85. The summed E-state index contributed by atoms with van der Waals surface area (Å²) in [6.45, 7) is 6.37. The third-order valence-electron chi connectivity index (χ3n) is 3.35. The molecule has 0 aliphatic carbocycles. The quantitative estimate of drug-likeness (QED) is 0.748. The minimum atomic E-state index is -0.0270. The first-order valence-electron chi connectivity index (χ1n) is 6.23. The van der Waals surface area contributed by atoms with Gasteiger partial charge in [-0.2, -0.15) is 0 Å². The Hall–Kier alpha value is -1.31. The number of esters is 1. The molecule has 1 aromatic carbocycles. The Morgan fingerprint density at radius 2 is 1.82 bits per heavy atom. The lowest BCUT2D eigenvalue weighted by molar-refractivity contribution is -0.199. The highest BCUT2D eigenvalue weighted by atomic mass is 16.6. The van der Waals surface area contributed by atoms with E-state index in [-0.39, 0.29) is 23.4 Å². The lowest BCUT2D eigenvalue weighted by atomic mass is 9.75. The molecule has 2 unspecified atom stereocenters. The van der Waals surface area contributed by atoms with Gasteiger partial charge in [-0.3, -0.25) is 4.79 Å². The van der Waals surface area contributed by atoms with E-state index in [1.807, 2.05) is 18.2 Å². The maximum absolute atomic E-state index is 11.5. The molecule has 1 fully saturated rings. The Balaban J connectivity index is 1.93. The van der Waals surface area contributed by atoms with Gasteiger partial charge in [0.2, 0.25) is 0 Å². The summed E-state index contributed by atoms with van der Waals surface area (Å²) in [7, 11) is 0. The SMILES string of the molecule is CC(C)(C)C1OC(=O)C1CCc1ccccc1. The molecule has 2 nitrogen and oxygen atoms in total. The smallest absolute Gasteiger partial charge is 0.313 e. The van der Waals surface area contributed by atoms with E-state index in [9.17, 15) is 4.79 Å². The van der Waals surface area contributed by atoms with Crippen LogP contribution >= 0.6 is 0 Å². The summed E-state index contributed by atoms with van der Waals surface area (Å²) in [5, 5.41) is 0. The fourth-order valence-corrected chi connectivity index (χ4v) is 2.36. The predicted molar refractivity (Wildman–Crippen MR) is 67.6 cm³/mol. The van der Waals surface area contributed by atoms with Gasteiger partial charge in [0, 0.05) is 0 Å². The fraction of sp³-hybridized carbons (Fsp3) is 0.533. The standard InChI is InChI=1S/C15H20O2/c1-15(2,3)13-12(14(16)17-13)10-9-11-7-5-4-6-8-11/h4-8,12-13H,9-10H2,1-3H3. The maximum Gasteiger partial charge on any atom is 0.313 e. The van der Waals surface area contributed by atoms with Crippen LogP contribution in [-0.2, 0) is 16.0 Å². The molecule has 1 aliphatic heterocycles. The van der Waals surface area contributed by atoms with Gasteiger partial charge in [-0.25, -0.2) is 0 Å². The van der Waals surface area contributed by atoms with Crippen molar-refractivity contribution in [3.63, 3.8) is 0 Å². The molecular weight excluding hydrogens is 212 g/mol. The molecule has 1 heterocycles. The van der Waals surface area contributed by atoms with Crippen molar-refractivity contribution in [3.05, 3.63) is 35.9 Å². The van der Waals surface area contributed by atoms with Gasteiger partial charge in [0.05, 0.1) is 5.92 Å². The zero-order valence-corrected chi connectivity index (χ0v) is 10.8. The van der Waals surface area contributed by atoms with Gasteiger partial charge in [0.25, 0.3) is 0 Å². The van der Waals surface area contributed by atoms with Crippen molar-refractivity contribution in [2.75, 3.05) is 0 Å². The van der Waals surface area contributed by atoms with Crippen LogP contribution in [-0.4, -0.2) is 12.1 Å². The molecule has 92 valence electrons. The largest absolute Gasteiger partial charge is 0.461 e. The molecule has 1 saturated heterocycles. The normalized spacial score (nSPS) is 24.1. The van der Waals surface area contributed by atoms with Gasteiger partial charge in [-0.05, 0) is 23.8 Å². The molecule has 0 amide bonds. The molecule has 2 atom stereocenters. The Morgan fingerprint density at radius 1 is 1.18 bits per heavy atom. The van der Waals surface area contributed by atoms with E-state index in [1.165, 1.54) is 5.56 Å². The zero-order valence-electron chi connectivity index (χ0n) is 10.8. The number of hydrogen-bond donors (Lipinski definition) is 0. The average Bonchev–Trinajstić information content (AvgIpc) is 2.26. The lowest BCUT2D eigenvalue weighted by Crippen LogP contribution is -2.52. The van der Waals surface area contributed by atoms with E-state index in [2.05, 4.69) is 32.9 Å². The summed E-state index contributed by atoms with van der Waals surface area (Å²) in [6.07, 6.45) is 1.93. The number of hydrogen-bond acceptors (Lipinski definition) is 2. The Morgan fingerprint density at radius 3 is 2.35 bits per heavy atom. The van der Waals surface area contributed by atoms with Crippen LogP contribution in [0.15, 0.2) is 30.3 Å². The molecule has 0 saturated carbocycles. The third kappa shape index (κ3) is 2.68. The van der Waals surface area contributed by atoms with Crippen molar-refractivity contribution in [2.24, 2.45) is 11.3 Å². The minimum Gasteiger partial charge on any atom is -0.461 e. The molecule has 17 heavy (non-hydrogen) atoms. The van der Waals surface area contributed by atoms with E-state index < -0.39 is 0 Å². The van der Waals surface area contributed by atoms with Crippen LogP contribution in [0.3, 0.4) is 0 Å². The van der Waals surface area contributed by atoms with Crippen LogP contribution in [0.5, 0.6) is 0 Å². The number of aryl methyl sites for hydroxylation is 1. The van der Waals surface area contributed by atoms with Crippen molar-refractivity contribution in [3.8, 4) is 0 Å². The molecule has 0 bridgehead atoms. The van der Waals surface area contributed by atoms with Crippen LogP contribution in [0.2, 0.25) is 0 Å². The number of cyclic esters (lactones) is 1. The molecule has 0 radical (unpaired) electrons. The monoisotopic (exact) mass is 232 g/mol. The zero-order chi connectivity index (χ0) is 12.5. The Labute approximate surface area is 103 Å². The Kier molecular flexibility index (Phi) is 3.23. The van der Waals surface area contributed by atoms with Crippen molar-refractivity contribution in [1.82, 2.24) is 0 Å². The van der Waals surface area contributed by atoms with Gasteiger partial charge in [-0.1, -0.05) is 51.1 Å². The van der Waals surface area contributed by atoms with E-state index in [0.717, 1.165) is 12.8 Å². The summed E-state index contributed by atoms with van der Waals surface area (Å²) in [6, 6.07) is 10.3. The van der Waals surface area contributed by atoms with Crippen molar-refractivity contribution in [2.45, 2.75) is 39.7 Å². The third-order valence-corrected chi connectivity index (χ3v) is 3.35. The van der Waals surface area contributed by atoms with Gasteiger partial charge in [-0.15, -0.1) is 0 Å². The summed E-state index contributed by atoms with van der Waals surface area (Å²) in [4.78, 5) is 11.5. The molecule has 1 aliphatic rings. The van der Waals surface area contributed by atoms with E-state index in [0.29, 0.717) is 0 Å². The van der Waals surface area contributed by atoms with Crippen LogP contribution < -0.4 is 0 Å². The topological polar surface area (TPSA) is 26.3 Å². The predicted octanol–water partition coefficient (Wildman–Crippen LogP) is 3.21. The van der Waals surface area contributed by atoms with E-state index in [1.54, 1.807) is 0 Å². The molecular formula is C15H20O2. The first-order chi connectivity index (χ1) is 7.98. The average molecular weight is 232 g/mol. The van der Waals surface area contributed by atoms with Crippen LogP contribution in [0.1, 0.15) is 32.8 Å². The van der Waals surface area contributed by atoms with Crippen molar-refractivity contribution < 1.29 is 9.53 Å². The number of carbonyl (C=O) groups is 1. The second-order valence-corrected chi connectivity index (χ2v) is 5.85. The second kappa shape index (κ2) is 4.52. The van der Waals surface area contributed by atoms with E-state index in [4.69, 9.17) is 4.74 Å². The number of rotatable bonds is 3. The molecule has 1 aromatic rings. The molecule has 0 aromatic heterocycles. The molecule has 2 heteroatoms. The highest BCUT2D eigenvalue weighted by molar-refractivity contribution is 5.78. The van der Waals surface area contributed by atoms with Gasteiger partial charge in [0.1, 0.15) is 6.10 Å². The van der Waals surface area contributed by atoms with Gasteiger partial charge < -0.3 is 4.74 Å². The van der Waals surface area contributed by atoms with Crippen LogP contribution in [0.4, 0.5) is 0 Å². The van der Waals surface area contributed by atoms with Gasteiger partial charge >= 0.3 is 5.97 Å². The molecule has 0 N–H and O–H groups in total. The fourth-order valence-electron chi connectivity index (χ4n) is 2.36. The van der Waals surface area contributed by atoms with Crippen molar-refractivity contribution >= 4 is 5.97 Å². The number of carbonyl (C=O) groups excluding carboxylic acids is 1. The molecule has 2 rings (SSSR count). The maximum atomic E-state index is 11.5. The summed E-state index contributed by atoms with van der Waals surface area (Å²) in [5.74, 6) is 0.0519. The first-order valence-corrected chi connectivity index (χ1v) is 6.23. The summed E-state index contributed by atoms with van der Waals surface area (Å²) < 4.78 is 5.27. The number of benzene rings is 1. The molecule has 0 spiro atoms. The lowest BCUT2D eigenvalue weighted by Gasteiger charge is -2.43. The highest BCUT2D eigenvalue weighted by Crippen LogP contribution is 2.38. The minimum absolute atomic E-state index is 0.0270. The van der Waals surface area contributed by atoms with Gasteiger partial charge in [0.15, 0.2) is 0 Å². The van der Waals surface area contributed by atoms with Crippen LogP contribution in [0.25, 0.3) is 0 Å². The summed E-state index contributed by atoms with van der Waals surface area (Å²) >= 11 is 0. The van der Waals surface area contributed by atoms with Crippen molar-refractivity contribution in [1.29, 1.82) is 0 Å². The highest BCUT2D eigenvalue weighted by Gasteiger charge is 2.48. The van der Waals surface area contributed by atoms with Crippen LogP contribution in [0, 0.1) is 11.3 Å².